The Balaban J connectivity index is 1.68. The Morgan fingerprint density at radius 3 is 2.63 bits per heavy atom. The molecule has 2 aromatic rings. The highest BCUT2D eigenvalue weighted by molar-refractivity contribution is 5.52. The largest absolute Gasteiger partial charge is 0.421 e. The summed E-state index contributed by atoms with van der Waals surface area (Å²) in [7, 11) is 0. The average molecular weight is 258 g/mol. The number of hydrogen-bond donors (Lipinski definition) is 0. The van der Waals surface area contributed by atoms with E-state index in [1.165, 1.54) is 24.8 Å². The van der Waals surface area contributed by atoms with Gasteiger partial charge in [0, 0.05) is 19.1 Å². The molecule has 4 nitrogen and oxygen atoms in total. The smallest absolute Gasteiger partial charge is 0.247 e. The lowest BCUT2D eigenvalue weighted by molar-refractivity contribution is 0.0168. The lowest BCUT2D eigenvalue weighted by Crippen LogP contribution is -2.21. The highest BCUT2D eigenvalue weighted by Gasteiger charge is 2.14. The summed E-state index contributed by atoms with van der Waals surface area (Å²) >= 11 is 0. The Hall–Kier alpha value is -1.68. The summed E-state index contributed by atoms with van der Waals surface area (Å²) in [6, 6.07) is 8.30. The molecule has 1 aromatic carbocycles. The summed E-state index contributed by atoms with van der Waals surface area (Å²) in [5.41, 5.74) is 2.26. The average Bonchev–Trinajstić information content (AvgIpc) is 2.87. The van der Waals surface area contributed by atoms with Crippen LogP contribution in [0.5, 0.6) is 0 Å². The maximum Gasteiger partial charge on any atom is 0.247 e. The monoisotopic (exact) mass is 258 g/mol. The molecule has 0 saturated carbocycles. The summed E-state index contributed by atoms with van der Waals surface area (Å²) < 4.78 is 11.2. The molecule has 0 N–H and O–H groups in total. The maximum atomic E-state index is 5.76. The van der Waals surface area contributed by atoms with Crippen LogP contribution >= 0.6 is 0 Å². The Morgan fingerprint density at radius 2 is 2.00 bits per heavy atom. The molecule has 4 heteroatoms. The van der Waals surface area contributed by atoms with Crippen molar-refractivity contribution in [2.45, 2.75) is 38.7 Å². The second kappa shape index (κ2) is 5.53. The Kier molecular flexibility index (Phi) is 3.60. The van der Waals surface area contributed by atoms with E-state index in [9.17, 15) is 0 Å². The van der Waals surface area contributed by atoms with E-state index < -0.39 is 0 Å². The third-order valence-corrected chi connectivity index (χ3v) is 3.46. The molecule has 1 saturated heterocycles. The first-order valence-corrected chi connectivity index (χ1v) is 6.82. The Labute approximate surface area is 112 Å². The lowest BCUT2D eigenvalue weighted by Gasteiger charge is -2.22. The van der Waals surface area contributed by atoms with Crippen LogP contribution in [0.3, 0.4) is 0 Å². The normalized spacial score (nSPS) is 19.5. The zero-order valence-electron chi connectivity index (χ0n) is 11.1. The van der Waals surface area contributed by atoms with Crippen LogP contribution in [0.25, 0.3) is 11.5 Å². The molecule has 1 aliphatic rings. The summed E-state index contributed by atoms with van der Waals surface area (Å²) in [5, 5.41) is 7.86. The van der Waals surface area contributed by atoms with E-state index in [1.54, 1.807) is 6.92 Å². The van der Waals surface area contributed by atoms with Crippen molar-refractivity contribution in [3.63, 3.8) is 0 Å². The maximum absolute atomic E-state index is 5.76. The standard InChI is InChI=1S/C15H18N2O2/c1-11-16-17-15(19-11)13-7-5-12(6-8-13)10-14-4-2-3-9-18-14/h5-8,14H,2-4,9-10H2,1H3/t14-/m1/s1. The van der Waals surface area contributed by atoms with E-state index in [0.717, 1.165) is 18.6 Å². The molecule has 0 spiro atoms. The minimum Gasteiger partial charge on any atom is -0.421 e. The number of hydrogen-bond acceptors (Lipinski definition) is 4. The van der Waals surface area contributed by atoms with Gasteiger partial charge in [-0.15, -0.1) is 10.2 Å². The fourth-order valence-corrected chi connectivity index (χ4v) is 2.43. The molecule has 1 aliphatic heterocycles. The van der Waals surface area contributed by atoms with E-state index in [0.29, 0.717) is 17.9 Å². The molecule has 100 valence electrons. The van der Waals surface area contributed by atoms with Crippen LogP contribution in [0, 0.1) is 6.92 Å². The van der Waals surface area contributed by atoms with Crippen LogP contribution in [0.4, 0.5) is 0 Å². The summed E-state index contributed by atoms with van der Waals surface area (Å²) in [6.07, 6.45) is 5.02. The first kappa shape index (κ1) is 12.4. The Bertz CT molecular complexity index is 527. The van der Waals surface area contributed by atoms with Gasteiger partial charge in [0.2, 0.25) is 11.8 Å². The fourth-order valence-electron chi connectivity index (χ4n) is 2.43. The molecule has 0 bridgehead atoms. The molecule has 1 fully saturated rings. The van der Waals surface area contributed by atoms with E-state index in [2.05, 4.69) is 22.3 Å². The van der Waals surface area contributed by atoms with Gasteiger partial charge in [-0.05, 0) is 43.4 Å². The van der Waals surface area contributed by atoms with Crippen LogP contribution in [0.2, 0.25) is 0 Å². The highest BCUT2D eigenvalue weighted by Crippen LogP contribution is 2.21. The molecule has 0 amide bonds. The first-order valence-electron chi connectivity index (χ1n) is 6.82. The molecule has 1 aromatic heterocycles. The zero-order valence-corrected chi connectivity index (χ0v) is 11.1. The van der Waals surface area contributed by atoms with Crippen molar-refractivity contribution in [1.29, 1.82) is 0 Å². The Morgan fingerprint density at radius 1 is 1.16 bits per heavy atom. The molecule has 0 radical (unpaired) electrons. The van der Waals surface area contributed by atoms with Crippen LogP contribution in [0.1, 0.15) is 30.7 Å². The number of aryl methyl sites for hydroxylation is 1. The molecule has 0 unspecified atom stereocenters. The molecular weight excluding hydrogens is 240 g/mol. The molecule has 19 heavy (non-hydrogen) atoms. The van der Waals surface area contributed by atoms with Crippen LogP contribution in [-0.4, -0.2) is 22.9 Å². The number of ether oxygens (including phenoxy) is 1. The minimum absolute atomic E-state index is 0.380. The minimum atomic E-state index is 0.380. The summed E-state index contributed by atoms with van der Waals surface area (Å²) in [4.78, 5) is 0. The molecule has 0 aliphatic carbocycles. The van der Waals surface area contributed by atoms with Crippen molar-refractivity contribution in [3.8, 4) is 11.5 Å². The van der Waals surface area contributed by atoms with Gasteiger partial charge in [0.25, 0.3) is 0 Å². The number of aromatic nitrogens is 2. The SMILES string of the molecule is Cc1nnc(-c2ccc(C[C@H]3CCCCO3)cc2)o1. The van der Waals surface area contributed by atoms with E-state index >= 15 is 0 Å². The van der Waals surface area contributed by atoms with Gasteiger partial charge >= 0.3 is 0 Å². The molecule has 1 atom stereocenters. The van der Waals surface area contributed by atoms with Crippen molar-refractivity contribution in [2.75, 3.05) is 6.61 Å². The summed E-state index contributed by atoms with van der Waals surface area (Å²) in [5.74, 6) is 1.17. The van der Waals surface area contributed by atoms with E-state index in [-0.39, 0.29) is 0 Å². The quantitative estimate of drug-likeness (QED) is 0.848. The molecular formula is C15H18N2O2. The summed E-state index contributed by atoms with van der Waals surface area (Å²) in [6.45, 7) is 2.70. The van der Waals surface area contributed by atoms with Gasteiger partial charge < -0.3 is 9.15 Å². The lowest BCUT2D eigenvalue weighted by atomic mass is 10.0. The van der Waals surface area contributed by atoms with E-state index in [1.807, 2.05) is 12.1 Å². The number of benzene rings is 1. The van der Waals surface area contributed by atoms with Crippen LogP contribution in [-0.2, 0) is 11.2 Å². The molecule has 2 heterocycles. The third kappa shape index (κ3) is 3.01. The fraction of sp³-hybridized carbons (Fsp3) is 0.467. The first-order chi connectivity index (χ1) is 9.31. The van der Waals surface area contributed by atoms with Crippen molar-refractivity contribution in [1.82, 2.24) is 10.2 Å². The van der Waals surface area contributed by atoms with Gasteiger partial charge in [-0.2, -0.15) is 0 Å². The van der Waals surface area contributed by atoms with Gasteiger partial charge in [0.05, 0.1) is 6.10 Å². The van der Waals surface area contributed by atoms with Crippen LogP contribution < -0.4 is 0 Å². The highest BCUT2D eigenvalue weighted by atomic mass is 16.5. The van der Waals surface area contributed by atoms with Gasteiger partial charge in [-0.25, -0.2) is 0 Å². The second-order valence-electron chi connectivity index (χ2n) is 5.02. The second-order valence-corrected chi connectivity index (χ2v) is 5.02. The number of nitrogens with zero attached hydrogens (tertiary/aromatic N) is 2. The van der Waals surface area contributed by atoms with Crippen molar-refractivity contribution in [3.05, 3.63) is 35.7 Å². The van der Waals surface area contributed by atoms with Crippen molar-refractivity contribution >= 4 is 0 Å². The predicted molar refractivity (Wildman–Crippen MR) is 71.8 cm³/mol. The van der Waals surface area contributed by atoms with Gasteiger partial charge in [0.1, 0.15) is 0 Å². The number of rotatable bonds is 3. The topological polar surface area (TPSA) is 48.2 Å². The van der Waals surface area contributed by atoms with E-state index in [4.69, 9.17) is 9.15 Å². The van der Waals surface area contributed by atoms with Crippen molar-refractivity contribution < 1.29 is 9.15 Å². The zero-order chi connectivity index (χ0) is 13.1. The predicted octanol–water partition coefficient (Wildman–Crippen LogP) is 3.16. The molecule has 3 rings (SSSR count). The van der Waals surface area contributed by atoms with Crippen LogP contribution in [0.15, 0.2) is 28.7 Å². The van der Waals surface area contributed by atoms with Gasteiger partial charge in [-0.3, -0.25) is 0 Å². The third-order valence-electron chi connectivity index (χ3n) is 3.46. The van der Waals surface area contributed by atoms with Gasteiger partial charge in [0.15, 0.2) is 0 Å². The van der Waals surface area contributed by atoms with Gasteiger partial charge in [-0.1, -0.05) is 12.1 Å². The van der Waals surface area contributed by atoms with Crippen molar-refractivity contribution in [2.24, 2.45) is 0 Å².